The Kier molecular flexibility index (Phi) is 18.7. The van der Waals surface area contributed by atoms with Gasteiger partial charge in [-0.2, -0.15) is 29.5 Å². The molecule has 0 unspecified atom stereocenters. The second kappa shape index (κ2) is 19.1. The van der Waals surface area contributed by atoms with Crippen LogP contribution in [0.25, 0.3) is 0 Å². The average molecular weight is 473 g/mol. The fourth-order valence-electron chi connectivity index (χ4n) is 4.09. The summed E-state index contributed by atoms with van der Waals surface area (Å²) in [7, 11) is -1.42. The maximum atomic E-state index is 8.93. The minimum absolute atomic E-state index is 0. The van der Waals surface area contributed by atoms with E-state index in [4.69, 9.17) is 9.84 Å². The van der Waals surface area contributed by atoms with Crippen molar-refractivity contribution in [1.29, 1.82) is 0 Å². The Morgan fingerprint density at radius 3 is 1.90 bits per heavy atom. The zero-order chi connectivity index (χ0) is 21.2. The van der Waals surface area contributed by atoms with Gasteiger partial charge in [-0.15, -0.1) is 5.56 Å². The summed E-state index contributed by atoms with van der Waals surface area (Å²) in [5.41, 5.74) is 1.43. The molecule has 1 N–H and O–H groups in total. The maximum absolute atomic E-state index is 8.93. The molecule has 0 aliphatic heterocycles. The van der Waals surface area contributed by atoms with Crippen molar-refractivity contribution in [1.82, 2.24) is 0 Å². The van der Waals surface area contributed by atoms with Crippen molar-refractivity contribution < 1.29 is 26.9 Å². The van der Waals surface area contributed by atoms with Crippen molar-refractivity contribution in [3.8, 4) is 0 Å². The van der Waals surface area contributed by atoms with Gasteiger partial charge in [0.15, 0.2) is 0 Å². The third-order valence-corrected chi connectivity index (χ3v) is 11.3. The van der Waals surface area contributed by atoms with Gasteiger partial charge in [0, 0.05) is 19.8 Å². The van der Waals surface area contributed by atoms with Crippen molar-refractivity contribution in [2.45, 2.75) is 90.5 Å². The molecule has 0 heterocycles. The van der Waals surface area contributed by atoms with Gasteiger partial charge in [-0.25, -0.2) is 24.3 Å². The van der Waals surface area contributed by atoms with E-state index in [1.807, 2.05) is 30.3 Å². The van der Waals surface area contributed by atoms with Crippen LogP contribution in [-0.2, 0) is 28.4 Å². The van der Waals surface area contributed by atoms with Crippen molar-refractivity contribution >= 4 is 13.3 Å². The zero-order valence-corrected chi connectivity index (χ0v) is 21.6. The summed E-state index contributed by atoms with van der Waals surface area (Å²) in [5.74, 6) is 0. The molecule has 2 aromatic carbocycles. The van der Waals surface area contributed by atoms with Crippen LogP contribution in [0.2, 0.25) is 18.1 Å². The minimum atomic E-state index is -1.42. The van der Waals surface area contributed by atoms with E-state index in [0.717, 1.165) is 13.0 Å². The average Bonchev–Trinajstić information content (AvgIpc) is 3.46. The van der Waals surface area contributed by atoms with E-state index >= 15 is 0 Å². The Morgan fingerprint density at radius 2 is 1.47 bits per heavy atom. The van der Waals surface area contributed by atoms with Crippen molar-refractivity contribution in [2.24, 2.45) is 0 Å². The number of aliphatic hydroxyl groups is 1. The topological polar surface area (TPSA) is 29.5 Å². The van der Waals surface area contributed by atoms with E-state index in [-0.39, 0.29) is 23.7 Å². The maximum Gasteiger partial charge on any atom is 2.00 e. The third kappa shape index (κ3) is 11.1. The Bertz CT molecular complexity index is 541. The summed E-state index contributed by atoms with van der Waals surface area (Å²) in [6, 6.07) is 21.3. The van der Waals surface area contributed by atoms with Crippen LogP contribution in [-0.4, -0.2) is 26.4 Å². The molecule has 0 saturated heterocycles. The van der Waals surface area contributed by atoms with Crippen molar-refractivity contribution in [3.05, 3.63) is 54.1 Å². The number of hydrogen-bond donors (Lipinski definition) is 1. The molecule has 172 valence electrons. The van der Waals surface area contributed by atoms with Gasteiger partial charge < -0.3 is 9.84 Å². The molecule has 0 saturated carbocycles. The van der Waals surface area contributed by atoms with Gasteiger partial charge in [0.05, 0.1) is 8.07 Å². The Hall–Kier alpha value is -0.644. The molecule has 0 amide bonds. The smallest absolute Gasteiger partial charge is 0.396 e. The summed E-state index contributed by atoms with van der Waals surface area (Å²) in [5, 5.41) is 10.6. The van der Waals surface area contributed by atoms with Crippen LogP contribution in [0.1, 0.15) is 71.3 Å². The van der Waals surface area contributed by atoms with Crippen LogP contribution in [0, 0.1) is 0 Å². The van der Waals surface area contributed by atoms with E-state index in [0.29, 0.717) is 6.61 Å². The predicted octanol–water partition coefficient (Wildman–Crippen LogP) is 6.76. The first kappa shape index (κ1) is 29.4. The molecule has 4 heteroatoms. The van der Waals surface area contributed by atoms with Gasteiger partial charge in [0.2, 0.25) is 0 Å². The molecule has 2 rings (SSSR count). The van der Waals surface area contributed by atoms with Gasteiger partial charge in [-0.3, -0.25) is 0 Å². The molecular formula is C26H44FeO2Si. The van der Waals surface area contributed by atoms with E-state index in [1.54, 1.807) is 5.19 Å². The summed E-state index contributed by atoms with van der Waals surface area (Å²) < 4.78 is 5.83. The normalized spacial score (nSPS) is 10.9. The predicted molar refractivity (Wildman–Crippen MR) is 130 cm³/mol. The molecule has 0 fully saturated rings. The molecule has 0 bridgehead atoms. The van der Waals surface area contributed by atoms with Crippen LogP contribution < -0.4 is 5.19 Å². The molecule has 0 radical (unpaired) electrons. The van der Waals surface area contributed by atoms with Gasteiger partial charge in [0.1, 0.15) is 0 Å². The van der Waals surface area contributed by atoms with E-state index in [9.17, 15) is 0 Å². The van der Waals surface area contributed by atoms with E-state index < -0.39 is 8.07 Å². The van der Waals surface area contributed by atoms with E-state index in [2.05, 4.69) is 39.0 Å². The Morgan fingerprint density at radius 1 is 0.900 bits per heavy atom. The molecular weight excluding hydrogens is 428 g/mol. The van der Waals surface area contributed by atoms with Gasteiger partial charge in [0.25, 0.3) is 0 Å². The standard InChI is InChI=1S/C21H39O2Si.C5H5.Fe/c1-4-7-16-24(17-8-5-2,18-9-6-3)21-13-10-12-20(21)19-23-15-11-14-22;1-2-4-5-3-1;/h10,12-13,22H,4-9,11,14-19H2,1-3H3;1-5H;/q2*-1;+2. The Labute approximate surface area is 197 Å². The van der Waals surface area contributed by atoms with Crippen LogP contribution in [0.5, 0.6) is 0 Å². The number of unbranched alkanes of at least 4 members (excludes halogenated alkanes) is 3. The second-order valence-electron chi connectivity index (χ2n) is 8.15. The van der Waals surface area contributed by atoms with Crippen LogP contribution in [0.15, 0.2) is 48.5 Å². The molecule has 0 atom stereocenters. The first-order chi connectivity index (χ1) is 14.2. The number of rotatable bonds is 15. The van der Waals surface area contributed by atoms with Crippen LogP contribution in [0.4, 0.5) is 0 Å². The molecule has 2 aromatic rings. The first-order valence-electron chi connectivity index (χ1n) is 11.8. The molecule has 30 heavy (non-hydrogen) atoms. The quantitative estimate of drug-likeness (QED) is 0.176. The molecule has 0 aromatic heterocycles. The van der Waals surface area contributed by atoms with Crippen LogP contribution >= 0.6 is 0 Å². The summed E-state index contributed by atoms with van der Waals surface area (Å²) in [6.07, 6.45) is 8.75. The zero-order valence-electron chi connectivity index (χ0n) is 19.5. The fourth-order valence-corrected chi connectivity index (χ4v) is 10.0. The largest absolute Gasteiger partial charge is 2.00 e. The monoisotopic (exact) mass is 472 g/mol. The number of aliphatic hydroxyl groups excluding tert-OH is 1. The van der Waals surface area contributed by atoms with Crippen LogP contribution in [0.3, 0.4) is 0 Å². The van der Waals surface area contributed by atoms with E-state index in [1.165, 1.54) is 62.2 Å². The molecule has 2 nitrogen and oxygen atoms in total. The second-order valence-corrected chi connectivity index (χ2v) is 12.7. The third-order valence-electron chi connectivity index (χ3n) is 5.76. The van der Waals surface area contributed by atoms with Crippen molar-refractivity contribution in [3.63, 3.8) is 0 Å². The fraction of sp³-hybridized carbons (Fsp3) is 0.615. The molecule has 0 aliphatic carbocycles. The summed E-state index contributed by atoms with van der Waals surface area (Å²) >= 11 is 0. The van der Waals surface area contributed by atoms with Gasteiger partial charge in [-0.1, -0.05) is 77.4 Å². The number of hydrogen-bond acceptors (Lipinski definition) is 2. The van der Waals surface area contributed by atoms with Gasteiger partial charge in [-0.05, 0) is 6.42 Å². The Balaban J connectivity index is 0.00000122. The number of ether oxygens (including phenoxy) is 1. The first-order valence-corrected chi connectivity index (χ1v) is 14.5. The summed E-state index contributed by atoms with van der Waals surface area (Å²) in [6.45, 7) is 8.57. The van der Waals surface area contributed by atoms with Gasteiger partial charge >= 0.3 is 17.1 Å². The molecule has 0 spiro atoms. The minimum Gasteiger partial charge on any atom is -0.396 e. The van der Waals surface area contributed by atoms with Crippen molar-refractivity contribution in [2.75, 3.05) is 13.2 Å². The SMILES string of the molecule is CCCC[Si](CCCC)(CCCC)c1ccc[c-]1COCCCO.[Fe+2].c1cc[cH-]c1. The molecule has 0 aliphatic rings. The summed E-state index contributed by atoms with van der Waals surface area (Å²) in [4.78, 5) is 0.